The summed E-state index contributed by atoms with van der Waals surface area (Å²) in [5.74, 6) is 0.682. The molecule has 3 rings (SSSR count). The topological polar surface area (TPSA) is 80.2 Å². The molecule has 7 nitrogen and oxygen atoms in total. The van der Waals surface area contributed by atoms with E-state index in [0.29, 0.717) is 22.8 Å². The van der Waals surface area contributed by atoms with E-state index in [1.807, 2.05) is 36.4 Å². The SMILES string of the molecule is COc1ccc(N(N=O)c2ccc(NC(=O)OCC=Cc3ccccc3)cc2)cc1. The number of methoxy groups -OCH3 is 1. The number of anilines is 3. The summed E-state index contributed by atoms with van der Waals surface area (Å²) >= 11 is 0. The predicted octanol–water partition coefficient (Wildman–Crippen LogP) is 5.78. The van der Waals surface area contributed by atoms with Gasteiger partial charge in [-0.05, 0) is 60.2 Å². The molecule has 7 heteroatoms. The second-order valence-electron chi connectivity index (χ2n) is 6.17. The Kier molecular flexibility index (Phi) is 7.16. The van der Waals surface area contributed by atoms with Crippen LogP contribution in [0.4, 0.5) is 21.9 Å². The quantitative estimate of drug-likeness (QED) is 0.381. The summed E-state index contributed by atoms with van der Waals surface area (Å²) in [6, 6.07) is 23.4. The number of amides is 1. The van der Waals surface area contributed by atoms with Gasteiger partial charge in [0.15, 0.2) is 0 Å². The average Bonchev–Trinajstić information content (AvgIpc) is 2.79. The molecule has 0 unspecified atom stereocenters. The van der Waals surface area contributed by atoms with Crippen LogP contribution in [0.5, 0.6) is 5.75 Å². The van der Waals surface area contributed by atoms with Gasteiger partial charge in [-0.15, -0.1) is 4.91 Å². The van der Waals surface area contributed by atoms with E-state index in [0.717, 1.165) is 5.56 Å². The summed E-state index contributed by atoms with van der Waals surface area (Å²) in [7, 11) is 1.57. The second kappa shape index (κ2) is 10.4. The van der Waals surface area contributed by atoms with Gasteiger partial charge < -0.3 is 9.47 Å². The van der Waals surface area contributed by atoms with Gasteiger partial charge in [-0.3, -0.25) is 5.32 Å². The van der Waals surface area contributed by atoms with Gasteiger partial charge in [-0.2, -0.15) is 5.01 Å². The number of hydrogen-bond acceptors (Lipinski definition) is 5. The molecule has 0 fully saturated rings. The van der Waals surface area contributed by atoms with E-state index in [9.17, 15) is 9.70 Å². The number of carbonyl (C=O) groups excluding carboxylic acids is 1. The monoisotopic (exact) mass is 403 g/mol. The van der Waals surface area contributed by atoms with E-state index in [1.54, 1.807) is 61.7 Å². The Morgan fingerprint density at radius 3 is 2.20 bits per heavy atom. The minimum atomic E-state index is -0.569. The molecule has 1 N–H and O–H groups in total. The lowest BCUT2D eigenvalue weighted by Gasteiger charge is -2.16. The molecule has 0 aromatic heterocycles. The molecule has 1 amide bonds. The Hall–Kier alpha value is -4.13. The van der Waals surface area contributed by atoms with Gasteiger partial charge in [0.1, 0.15) is 12.4 Å². The first-order chi connectivity index (χ1) is 14.7. The Morgan fingerprint density at radius 1 is 0.967 bits per heavy atom. The first-order valence-corrected chi connectivity index (χ1v) is 9.22. The van der Waals surface area contributed by atoms with Crippen LogP contribution >= 0.6 is 0 Å². The molecule has 0 aliphatic heterocycles. The highest BCUT2D eigenvalue weighted by atomic mass is 16.5. The number of ether oxygens (including phenoxy) is 2. The van der Waals surface area contributed by atoms with Gasteiger partial charge in [0.25, 0.3) is 0 Å². The van der Waals surface area contributed by atoms with Crippen LogP contribution in [0.2, 0.25) is 0 Å². The minimum absolute atomic E-state index is 0.152. The molecule has 0 atom stereocenters. The smallest absolute Gasteiger partial charge is 0.411 e. The normalized spacial score (nSPS) is 10.4. The van der Waals surface area contributed by atoms with Crippen molar-refractivity contribution in [3.63, 3.8) is 0 Å². The van der Waals surface area contributed by atoms with Crippen molar-refractivity contribution in [2.24, 2.45) is 5.29 Å². The highest BCUT2D eigenvalue weighted by molar-refractivity contribution is 5.85. The largest absolute Gasteiger partial charge is 0.497 e. The minimum Gasteiger partial charge on any atom is -0.497 e. The summed E-state index contributed by atoms with van der Waals surface area (Å²) in [5, 5.41) is 6.96. The van der Waals surface area contributed by atoms with Gasteiger partial charge in [-0.25, -0.2) is 4.79 Å². The van der Waals surface area contributed by atoms with Crippen LogP contribution < -0.4 is 15.1 Å². The highest BCUT2D eigenvalue weighted by Gasteiger charge is 2.10. The lowest BCUT2D eigenvalue weighted by Crippen LogP contribution is -2.14. The number of benzene rings is 3. The number of nitroso groups, excluding NO2 is 1. The first kappa shape index (κ1) is 20.6. The fraction of sp³-hybridized carbons (Fsp3) is 0.0870. The zero-order chi connectivity index (χ0) is 21.2. The molecule has 3 aromatic carbocycles. The van der Waals surface area contributed by atoms with E-state index in [2.05, 4.69) is 10.6 Å². The molecule has 0 radical (unpaired) electrons. The zero-order valence-electron chi connectivity index (χ0n) is 16.4. The van der Waals surface area contributed by atoms with Crippen molar-refractivity contribution >= 4 is 29.2 Å². The molecule has 152 valence electrons. The fourth-order valence-corrected chi connectivity index (χ4v) is 2.68. The predicted molar refractivity (Wildman–Crippen MR) is 118 cm³/mol. The van der Waals surface area contributed by atoms with Crippen molar-refractivity contribution in [1.82, 2.24) is 0 Å². The van der Waals surface area contributed by atoms with Crippen molar-refractivity contribution in [1.29, 1.82) is 0 Å². The maximum atomic E-state index is 11.9. The van der Waals surface area contributed by atoms with Crippen molar-refractivity contribution < 1.29 is 14.3 Å². The number of hydrogen-bond donors (Lipinski definition) is 1. The third-order valence-corrected chi connectivity index (χ3v) is 4.18. The number of rotatable bonds is 8. The molecule has 0 spiro atoms. The van der Waals surface area contributed by atoms with Crippen LogP contribution in [0.25, 0.3) is 6.08 Å². The van der Waals surface area contributed by atoms with E-state index in [1.165, 1.54) is 5.01 Å². The average molecular weight is 403 g/mol. The van der Waals surface area contributed by atoms with E-state index < -0.39 is 6.09 Å². The van der Waals surface area contributed by atoms with Crippen molar-refractivity contribution in [2.75, 3.05) is 24.0 Å². The van der Waals surface area contributed by atoms with E-state index in [-0.39, 0.29) is 6.61 Å². The van der Waals surface area contributed by atoms with Gasteiger partial charge in [0, 0.05) is 5.69 Å². The number of nitrogens with zero attached hydrogens (tertiary/aromatic N) is 2. The summed E-state index contributed by atoms with van der Waals surface area (Å²) < 4.78 is 10.2. The van der Waals surface area contributed by atoms with Crippen LogP contribution in [0.15, 0.2) is 90.2 Å². The molecular weight excluding hydrogens is 382 g/mol. The Morgan fingerprint density at radius 2 is 1.60 bits per heavy atom. The summed E-state index contributed by atoms with van der Waals surface area (Å²) in [5.41, 5.74) is 2.72. The van der Waals surface area contributed by atoms with Crippen molar-refractivity contribution in [3.8, 4) is 5.75 Å². The van der Waals surface area contributed by atoms with Crippen molar-refractivity contribution in [3.05, 3.63) is 95.4 Å². The molecule has 30 heavy (non-hydrogen) atoms. The van der Waals surface area contributed by atoms with Crippen LogP contribution in [-0.4, -0.2) is 19.8 Å². The Balaban J connectivity index is 1.54. The van der Waals surface area contributed by atoms with Crippen LogP contribution in [0.1, 0.15) is 5.56 Å². The summed E-state index contributed by atoms with van der Waals surface area (Å²) in [4.78, 5) is 23.2. The van der Waals surface area contributed by atoms with Crippen LogP contribution in [0, 0.1) is 4.91 Å². The number of nitrogens with one attached hydrogen (secondary N) is 1. The molecule has 0 saturated heterocycles. The maximum absolute atomic E-state index is 11.9. The third-order valence-electron chi connectivity index (χ3n) is 4.18. The zero-order valence-corrected chi connectivity index (χ0v) is 16.4. The van der Waals surface area contributed by atoms with Gasteiger partial charge in [0.05, 0.1) is 23.8 Å². The lowest BCUT2D eigenvalue weighted by molar-refractivity contribution is 0.174. The molecule has 0 saturated carbocycles. The Labute approximate surface area is 174 Å². The van der Waals surface area contributed by atoms with Crippen LogP contribution in [-0.2, 0) is 4.74 Å². The second-order valence-corrected chi connectivity index (χ2v) is 6.17. The summed E-state index contributed by atoms with van der Waals surface area (Å²) in [6.07, 6.45) is 3.07. The molecule has 0 aliphatic carbocycles. The standard InChI is InChI=1S/C23H21N3O4/c1-29-22-15-13-21(14-16-22)26(25-28)20-11-9-19(10-12-20)24-23(27)30-17-5-8-18-6-3-2-4-7-18/h2-16H,17H2,1H3,(H,24,27). The fourth-order valence-electron chi connectivity index (χ4n) is 2.68. The van der Waals surface area contributed by atoms with Crippen LogP contribution in [0.3, 0.4) is 0 Å². The van der Waals surface area contributed by atoms with Gasteiger partial charge in [0.2, 0.25) is 0 Å². The Bertz CT molecular complexity index is 987. The maximum Gasteiger partial charge on any atom is 0.411 e. The van der Waals surface area contributed by atoms with Gasteiger partial charge in [-0.1, -0.05) is 36.4 Å². The lowest BCUT2D eigenvalue weighted by atomic mass is 10.2. The molecule has 0 aliphatic rings. The summed E-state index contributed by atoms with van der Waals surface area (Å²) in [6.45, 7) is 0.152. The van der Waals surface area contributed by atoms with E-state index >= 15 is 0 Å². The van der Waals surface area contributed by atoms with Crippen molar-refractivity contribution in [2.45, 2.75) is 0 Å². The molecular formula is C23H21N3O4. The van der Waals surface area contributed by atoms with E-state index in [4.69, 9.17) is 9.47 Å². The first-order valence-electron chi connectivity index (χ1n) is 9.22. The molecule has 0 heterocycles. The number of carbonyl (C=O) groups is 1. The highest BCUT2D eigenvalue weighted by Crippen LogP contribution is 2.28. The third kappa shape index (κ3) is 5.68. The molecule has 3 aromatic rings. The molecule has 0 bridgehead atoms. The van der Waals surface area contributed by atoms with Gasteiger partial charge >= 0.3 is 6.09 Å².